The summed E-state index contributed by atoms with van der Waals surface area (Å²) in [5.41, 5.74) is 2.47. The molecule has 0 atom stereocenters. The highest BCUT2D eigenvalue weighted by molar-refractivity contribution is 6.06. The van der Waals surface area contributed by atoms with E-state index in [0.29, 0.717) is 5.69 Å². The van der Waals surface area contributed by atoms with Crippen molar-refractivity contribution in [2.45, 2.75) is 13.8 Å². The van der Waals surface area contributed by atoms with E-state index in [4.69, 9.17) is 0 Å². The quantitative estimate of drug-likeness (QED) is 0.868. The van der Waals surface area contributed by atoms with Crippen LogP contribution in [0, 0.1) is 19.7 Å². The molecular formula is C15H14FNO2. The summed E-state index contributed by atoms with van der Waals surface area (Å²) < 4.78 is 13.1. The van der Waals surface area contributed by atoms with Crippen molar-refractivity contribution in [3.63, 3.8) is 0 Å². The molecule has 0 spiro atoms. The Morgan fingerprint density at radius 1 is 1.16 bits per heavy atom. The first-order chi connectivity index (χ1) is 8.97. The van der Waals surface area contributed by atoms with E-state index >= 15 is 0 Å². The monoisotopic (exact) mass is 259 g/mol. The Labute approximate surface area is 110 Å². The second kappa shape index (κ2) is 5.10. The molecule has 0 aliphatic rings. The maximum atomic E-state index is 13.1. The van der Waals surface area contributed by atoms with Gasteiger partial charge in [0.2, 0.25) is 0 Å². The third-order valence-electron chi connectivity index (χ3n) is 2.84. The zero-order valence-electron chi connectivity index (χ0n) is 10.7. The van der Waals surface area contributed by atoms with Gasteiger partial charge in [0.1, 0.15) is 11.6 Å². The lowest BCUT2D eigenvalue weighted by atomic mass is 10.1. The van der Waals surface area contributed by atoms with E-state index in [0.717, 1.165) is 29.3 Å². The summed E-state index contributed by atoms with van der Waals surface area (Å²) in [5, 5.41) is 12.2. The van der Waals surface area contributed by atoms with Crippen LogP contribution in [-0.4, -0.2) is 11.0 Å². The smallest absolute Gasteiger partial charge is 0.259 e. The molecule has 0 radical (unpaired) electrons. The molecule has 2 rings (SSSR count). The van der Waals surface area contributed by atoms with Gasteiger partial charge in [0, 0.05) is 5.69 Å². The first-order valence-electron chi connectivity index (χ1n) is 5.84. The normalized spacial score (nSPS) is 10.3. The number of halogens is 1. The summed E-state index contributed by atoms with van der Waals surface area (Å²) in [4.78, 5) is 12.0. The Kier molecular flexibility index (Phi) is 3.51. The second-order valence-electron chi connectivity index (χ2n) is 4.43. The van der Waals surface area contributed by atoms with Crippen molar-refractivity contribution in [3.8, 4) is 5.75 Å². The molecule has 98 valence electrons. The third-order valence-corrected chi connectivity index (χ3v) is 2.84. The number of aryl methyl sites for hydroxylation is 2. The summed E-state index contributed by atoms with van der Waals surface area (Å²) in [6.45, 7) is 3.77. The minimum atomic E-state index is -0.566. The minimum Gasteiger partial charge on any atom is -0.507 e. The number of rotatable bonds is 2. The molecule has 0 aliphatic carbocycles. The fourth-order valence-corrected chi connectivity index (χ4v) is 1.75. The van der Waals surface area contributed by atoms with Gasteiger partial charge in [0.25, 0.3) is 5.91 Å². The van der Waals surface area contributed by atoms with Gasteiger partial charge in [-0.25, -0.2) is 4.39 Å². The van der Waals surface area contributed by atoms with Crippen molar-refractivity contribution in [3.05, 3.63) is 58.9 Å². The molecule has 4 heteroatoms. The first kappa shape index (κ1) is 13.1. The largest absolute Gasteiger partial charge is 0.507 e. The molecule has 0 fully saturated rings. The van der Waals surface area contributed by atoms with Crippen molar-refractivity contribution in [1.82, 2.24) is 0 Å². The van der Waals surface area contributed by atoms with Crippen LogP contribution in [0.1, 0.15) is 21.5 Å². The molecule has 0 bridgehead atoms. The maximum Gasteiger partial charge on any atom is 0.259 e. The Morgan fingerprint density at radius 2 is 1.89 bits per heavy atom. The van der Waals surface area contributed by atoms with E-state index in [9.17, 15) is 14.3 Å². The molecule has 0 unspecified atom stereocenters. The number of amides is 1. The van der Waals surface area contributed by atoms with Gasteiger partial charge < -0.3 is 10.4 Å². The molecule has 0 saturated heterocycles. The van der Waals surface area contributed by atoms with Gasteiger partial charge in [-0.2, -0.15) is 0 Å². The Balaban J connectivity index is 2.30. The Hall–Kier alpha value is -2.36. The number of hydrogen-bond donors (Lipinski definition) is 2. The van der Waals surface area contributed by atoms with Gasteiger partial charge in [0.15, 0.2) is 0 Å². The minimum absolute atomic E-state index is 0.0825. The molecule has 2 N–H and O–H groups in total. The Bertz CT molecular complexity index is 638. The number of aromatic hydroxyl groups is 1. The summed E-state index contributed by atoms with van der Waals surface area (Å²) in [6.07, 6.45) is 0. The number of carbonyl (C=O) groups excluding carboxylic acids is 1. The molecule has 19 heavy (non-hydrogen) atoms. The fraction of sp³-hybridized carbons (Fsp3) is 0.133. The second-order valence-corrected chi connectivity index (χ2v) is 4.43. The van der Waals surface area contributed by atoms with Crippen LogP contribution in [0.25, 0.3) is 0 Å². The van der Waals surface area contributed by atoms with Crippen LogP contribution < -0.4 is 5.32 Å². The molecular weight excluding hydrogens is 245 g/mol. The van der Waals surface area contributed by atoms with Crippen LogP contribution in [0.5, 0.6) is 5.75 Å². The lowest BCUT2D eigenvalue weighted by molar-refractivity contribution is 0.102. The van der Waals surface area contributed by atoms with Crippen molar-refractivity contribution in [2.75, 3.05) is 5.32 Å². The predicted molar refractivity (Wildman–Crippen MR) is 71.9 cm³/mol. The van der Waals surface area contributed by atoms with Crippen LogP contribution in [-0.2, 0) is 0 Å². The van der Waals surface area contributed by atoms with Crippen LogP contribution in [0.3, 0.4) is 0 Å². The van der Waals surface area contributed by atoms with E-state index in [1.807, 2.05) is 32.0 Å². The maximum absolute atomic E-state index is 13.1. The molecule has 2 aromatic rings. The van der Waals surface area contributed by atoms with Crippen molar-refractivity contribution in [1.29, 1.82) is 0 Å². The SMILES string of the molecule is Cc1ccc(C)c(NC(=O)c2cc(F)ccc2O)c1. The molecule has 0 heterocycles. The first-order valence-corrected chi connectivity index (χ1v) is 5.84. The van der Waals surface area contributed by atoms with E-state index in [1.165, 1.54) is 0 Å². The van der Waals surface area contributed by atoms with Crippen molar-refractivity contribution >= 4 is 11.6 Å². The molecule has 3 nitrogen and oxygen atoms in total. The molecule has 2 aromatic carbocycles. The average Bonchev–Trinajstić information content (AvgIpc) is 2.36. The van der Waals surface area contributed by atoms with Gasteiger partial charge in [-0.3, -0.25) is 4.79 Å². The summed E-state index contributed by atoms with van der Waals surface area (Å²) in [7, 11) is 0. The number of phenolic OH excluding ortho intramolecular Hbond substituents is 1. The van der Waals surface area contributed by atoms with Crippen LogP contribution >= 0.6 is 0 Å². The number of phenols is 1. The number of hydrogen-bond acceptors (Lipinski definition) is 2. The molecule has 0 aromatic heterocycles. The standard InChI is InChI=1S/C15H14FNO2/c1-9-3-4-10(2)13(7-9)17-15(19)12-8-11(16)5-6-14(12)18/h3-8,18H,1-2H3,(H,17,19). The number of anilines is 1. The highest BCUT2D eigenvalue weighted by Crippen LogP contribution is 2.21. The van der Waals surface area contributed by atoms with Gasteiger partial charge in [0.05, 0.1) is 5.56 Å². The van der Waals surface area contributed by atoms with Crippen LogP contribution in [0.15, 0.2) is 36.4 Å². The highest BCUT2D eigenvalue weighted by atomic mass is 19.1. The lowest BCUT2D eigenvalue weighted by Crippen LogP contribution is -2.13. The zero-order valence-corrected chi connectivity index (χ0v) is 10.7. The van der Waals surface area contributed by atoms with E-state index in [1.54, 1.807) is 0 Å². The van der Waals surface area contributed by atoms with Crippen LogP contribution in [0.4, 0.5) is 10.1 Å². The zero-order chi connectivity index (χ0) is 14.0. The molecule has 0 aliphatic heterocycles. The van der Waals surface area contributed by atoms with Crippen molar-refractivity contribution in [2.24, 2.45) is 0 Å². The van der Waals surface area contributed by atoms with Crippen LogP contribution in [0.2, 0.25) is 0 Å². The highest BCUT2D eigenvalue weighted by Gasteiger charge is 2.13. The predicted octanol–water partition coefficient (Wildman–Crippen LogP) is 3.40. The summed E-state index contributed by atoms with van der Waals surface area (Å²) in [6, 6.07) is 8.91. The summed E-state index contributed by atoms with van der Waals surface area (Å²) in [5.74, 6) is -1.35. The van der Waals surface area contributed by atoms with Gasteiger partial charge >= 0.3 is 0 Å². The average molecular weight is 259 g/mol. The summed E-state index contributed by atoms with van der Waals surface area (Å²) >= 11 is 0. The van der Waals surface area contributed by atoms with E-state index < -0.39 is 11.7 Å². The van der Waals surface area contributed by atoms with Gasteiger partial charge in [-0.1, -0.05) is 12.1 Å². The fourth-order valence-electron chi connectivity index (χ4n) is 1.75. The lowest BCUT2D eigenvalue weighted by Gasteiger charge is -2.10. The Morgan fingerprint density at radius 3 is 2.63 bits per heavy atom. The molecule has 0 saturated carbocycles. The number of benzene rings is 2. The third kappa shape index (κ3) is 2.91. The van der Waals surface area contributed by atoms with Crippen molar-refractivity contribution < 1.29 is 14.3 Å². The molecule has 1 amide bonds. The van der Waals surface area contributed by atoms with E-state index in [2.05, 4.69) is 5.32 Å². The number of nitrogens with one attached hydrogen (secondary N) is 1. The topological polar surface area (TPSA) is 49.3 Å². The number of carbonyl (C=O) groups is 1. The van der Waals surface area contributed by atoms with E-state index in [-0.39, 0.29) is 11.3 Å². The van der Waals surface area contributed by atoms with Gasteiger partial charge in [-0.05, 0) is 49.2 Å². The van der Waals surface area contributed by atoms with Gasteiger partial charge in [-0.15, -0.1) is 0 Å².